The number of nitrogens with zero attached hydrogens (tertiary/aromatic N) is 1. The largest absolute Gasteiger partial charge is 0.465 e. The average molecular weight is 442 g/mol. The molecule has 1 aliphatic heterocycles. The van der Waals surface area contributed by atoms with Crippen LogP contribution in [0.4, 0.5) is 0 Å². The number of methoxy groups -OCH3 is 1. The summed E-state index contributed by atoms with van der Waals surface area (Å²) >= 11 is 8.09. The van der Waals surface area contributed by atoms with Crippen LogP contribution in [-0.2, 0) is 16.1 Å². The van der Waals surface area contributed by atoms with Gasteiger partial charge in [-0.1, -0.05) is 54.8 Å². The van der Waals surface area contributed by atoms with E-state index >= 15 is 0 Å². The van der Waals surface area contributed by atoms with Crippen LogP contribution in [0.25, 0.3) is 6.08 Å². The van der Waals surface area contributed by atoms with Crippen LogP contribution < -0.4 is 0 Å². The first-order valence-corrected chi connectivity index (χ1v) is 11.4. The first-order valence-electron chi connectivity index (χ1n) is 10.2. The number of thioether (sulfide) groups is 1. The van der Waals surface area contributed by atoms with Crippen LogP contribution >= 0.6 is 23.4 Å². The highest BCUT2D eigenvalue weighted by Crippen LogP contribution is 2.43. The molecule has 0 aromatic heterocycles. The van der Waals surface area contributed by atoms with Gasteiger partial charge in [-0.3, -0.25) is 4.79 Å². The van der Waals surface area contributed by atoms with Gasteiger partial charge in [0, 0.05) is 22.9 Å². The average Bonchev–Trinajstić information content (AvgIpc) is 2.78. The summed E-state index contributed by atoms with van der Waals surface area (Å²) < 4.78 is 4.75. The molecule has 2 unspecified atom stereocenters. The van der Waals surface area contributed by atoms with E-state index in [9.17, 15) is 9.59 Å². The molecular formula is C24H24ClNO3S. The maximum atomic E-state index is 13.4. The molecule has 2 aromatic carbocycles. The maximum absolute atomic E-state index is 13.4. The molecular weight excluding hydrogens is 418 g/mol. The number of amides is 1. The first-order chi connectivity index (χ1) is 14.6. The lowest BCUT2D eigenvalue weighted by molar-refractivity contribution is -0.130. The third kappa shape index (κ3) is 4.42. The summed E-state index contributed by atoms with van der Waals surface area (Å²) in [5, 5.41) is 1.10. The predicted octanol–water partition coefficient (Wildman–Crippen LogP) is 5.55. The van der Waals surface area contributed by atoms with Crippen molar-refractivity contribution in [2.45, 2.75) is 43.5 Å². The van der Waals surface area contributed by atoms with E-state index in [-0.39, 0.29) is 17.9 Å². The Bertz CT molecular complexity index is 973. The monoisotopic (exact) mass is 441 g/mol. The van der Waals surface area contributed by atoms with Crippen molar-refractivity contribution in [3.63, 3.8) is 0 Å². The van der Waals surface area contributed by atoms with Crippen LogP contribution in [0.3, 0.4) is 0 Å². The van der Waals surface area contributed by atoms with Gasteiger partial charge in [-0.25, -0.2) is 4.79 Å². The Morgan fingerprint density at radius 2 is 1.90 bits per heavy atom. The van der Waals surface area contributed by atoms with Gasteiger partial charge >= 0.3 is 5.97 Å². The highest BCUT2D eigenvalue weighted by atomic mass is 35.5. The van der Waals surface area contributed by atoms with E-state index in [1.165, 1.54) is 13.5 Å². The Morgan fingerprint density at radius 3 is 2.63 bits per heavy atom. The predicted molar refractivity (Wildman–Crippen MR) is 121 cm³/mol. The van der Waals surface area contributed by atoms with Gasteiger partial charge < -0.3 is 9.64 Å². The lowest BCUT2D eigenvalue weighted by Gasteiger charge is -2.44. The number of benzene rings is 2. The van der Waals surface area contributed by atoms with E-state index in [0.717, 1.165) is 35.3 Å². The summed E-state index contributed by atoms with van der Waals surface area (Å²) in [5.74, 6) is -0.312. The zero-order chi connectivity index (χ0) is 21.1. The summed E-state index contributed by atoms with van der Waals surface area (Å²) in [6.45, 7) is 0.527. The highest BCUT2D eigenvalue weighted by molar-refractivity contribution is 8.04. The molecule has 2 aliphatic rings. The Labute approximate surface area is 186 Å². The molecule has 1 saturated carbocycles. The smallest absolute Gasteiger partial charge is 0.337 e. The van der Waals surface area contributed by atoms with Crippen LogP contribution in [-0.4, -0.2) is 35.2 Å². The Kier molecular flexibility index (Phi) is 6.49. The fourth-order valence-corrected chi connectivity index (χ4v) is 5.83. The van der Waals surface area contributed by atoms with E-state index < -0.39 is 0 Å². The molecule has 0 N–H and O–H groups in total. The first kappa shape index (κ1) is 21.0. The molecule has 4 nitrogen and oxygen atoms in total. The summed E-state index contributed by atoms with van der Waals surface area (Å²) in [4.78, 5) is 27.9. The molecule has 2 aromatic rings. The molecule has 1 amide bonds. The fourth-order valence-electron chi connectivity index (χ4n) is 4.16. The van der Waals surface area contributed by atoms with E-state index in [1.807, 2.05) is 47.4 Å². The number of halogens is 1. The summed E-state index contributed by atoms with van der Waals surface area (Å²) in [7, 11) is 1.36. The number of carbonyl (C=O) groups excluding carboxylic acids is 2. The second kappa shape index (κ2) is 9.27. The second-order valence-electron chi connectivity index (χ2n) is 7.65. The van der Waals surface area contributed by atoms with Gasteiger partial charge in [0.2, 0.25) is 0 Å². The van der Waals surface area contributed by atoms with Gasteiger partial charge in [-0.05, 0) is 48.2 Å². The van der Waals surface area contributed by atoms with Gasteiger partial charge in [0.05, 0.1) is 17.6 Å². The van der Waals surface area contributed by atoms with Crippen LogP contribution in [0.2, 0.25) is 5.02 Å². The molecule has 30 heavy (non-hydrogen) atoms. The quantitative estimate of drug-likeness (QED) is 0.460. The Morgan fingerprint density at radius 1 is 1.17 bits per heavy atom. The van der Waals surface area contributed by atoms with Crippen molar-refractivity contribution in [3.8, 4) is 0 Å². The molecule has 0 radical (unpaired) electrons. The number of hydrogen-bond acceptors (Lipinski definition) is 4. The number of hydrogen-bond donors (Lipinski definition) is 0. The molecule has 4 rings (SSSR count). The fraction of sp³-hybridized carbons (Fsp3) is 0.333. The normalized spacial score (nSPS) is 22.7. The SMILES string of the molecule is COC(=O)c1ccc(/C=C2/SC3CCCCC3N(Cc3ccccc3Cl)C2=O)cc1. The molecule has 0 bridgehead atoms. The van der Waals surface area contributed by atoms with E-state index in [0.29, 0.717) is 22.4 Å². The van der Waals surface area contributed by atoms with Gasteiger partial charge in [0.25, 0.3) is 5.91 Å². The zero-order valence-electron chi connectivity index (χ0n) is 16.8. The lowest BCUT2D eigenvalue weighted by atomic mass is 9.92. The minimum Gasteiger partial charge on any atom is -0.465 e. The van der Waals surface area contributed by atoms with Crippen molar-refractivity contribution in [2.75, 3.05) is 7.11 Å². The van der Waals surface area contributed by atoms with Crippen molar-refractivity contribution in [3.05, 3.63) is 75.1 Å². The highest BCUT2D eigenvalue weighted by Gasteiger charge is 2.40. The van der Waals surface area contributed by atoms with Crippen molar-refractivity contribution >= 4 is 41.3 Å². The molecule has 2 fully saturated rings. The lowest BCUT2D eigenvalue weighted by Crippen LogP contribution is -2.50. The number of carbonyl (C=O) groups is 2. The number of fused-ring (bicyclic) bond motifs is 1. The molecule has 156 valence electrons. The van der Waals surface area contributed by atoms with E-state index in [1.54, 1.807) is 23.9 Å². The van der Waals surface area contributed by atoms with Crippen LogP contribution in [0.15, 0.2) is 53.4 Å². The summed E-state index contributed by atoms with van der Waals surface area (Å²) in [6.07, 6.45) is 6.43. The third-order valence-corrected chi connectivity index (χ3v) is 7.51. The van der Waals surface area contributed by atoms with Crippen molar-refractivity contribution in [2.24, 2.45) is 0 Å². The second-order valence-corrected chi connectivity index (χ2v) is 9.34. The molecule has 1 heterocycles. The summed E-state index contributed by atoms with van der Waals surface area (Å²) in [5.41, 5.74) is 2.37. The Hall–Kier alpha value is -2.24. The zero-order valence-corrected chi connectivity index (χ0v) is 18.4. The molecule has 2 atom stereocenters. The van der Waals surface area contributed by atoms with Crippen LogP contribution in [0.5, 0.6) is 0 Å². The topological polar surface area (TPSA) is 46.6 Å². The van der Waals surface area contributed by atoms with Gasteiger partial charge in [-0.15, -0.1) is 11.8 Å². The summed E-state index contributed by atoms with van der Waals surface area (Å²) in [6, 6.07) is 15.1. The third-order valence-electron chi connectivity index (χ3n) is 5.75. The number of ether oxygens (including phenoxy) is 1. The van der Waals surface area contributed by atoms with Gasteiger partial charge in [0.15, 0.2) is 0 Å². The van der Waals surface area contributed by atoms with Crippen molar-refractivity contribution in [1.82, 2.24) is 4.90 Å². The number of rotatable bonds is 4. The van der Waals surface area contributed by atoms with Gasteiger partial charge in [0.1, 0.15) is 0 Å². The number of esters is 1. The minimum absolute atomic E-state index is 0.0557. The van der Waals surface area contributed by atoms with E-state index in [2.05, 4.69) is 0 Å². The van der Waals surface area contributed by atoms with Crippen LogP contribution in [0.1, 0.15) is 47.2 Å². The van der Waals surface area contributed by atoms with Crippen LogP contribution in [0, 0.1) is 0 Å². The standard InChI is InChI=1S/C24H24ClNO3S/c1-29-24(28)17-12-10-16(11-13-17)14-22-23(27)26(15-18-6-2-3-7-19(18)25)20-8-4-5-9-21(20)30-22/h2-3,6-7,10-14,20-21H,4-5,8-9,15H2,1H3/b22-14+. The van der Waals surface area contributed by atoms with Gasteiger partial charge in [-0.2, -0.15) is 0 Å². The van der Waals surface area contributed by atoms with Crippen molar-refractivity contribution < 1.29 is 14.3 Å². The molecule has 1 saturated heterocycles. The minimum atomic E-state index is -0.367. The Balaban J connectivity index is 1.62. The van der Waals surface area contributed by atoms with E-state index in [4.69, 9.17) is 16.3 Å². The maximum Gasteiger partial charge on any atom is 0.337 e. The molecule has 6 heteroatoms. The molecule has 0 spiro atoms. The molecule has 1 aliphatic carbocycles. The van der Waals surface area contributed by atoms with Crippen molar-refractivity contribution in [1.29, 1.82) is 0 Å².